The van der Waals surface area contributed by atoms with Crippen molar-refractivity contribution in [1.29, 1.82) is 0 Å². The van der Waals surface area contributed by atoms with Crippen LogP contribution >= 0.6 is 11.6 Å². The molecular weight excluding hydrogens is 466 g/mol. The molecule has 178 valence electrons. The van der Waals surface area contributed by atoms with Crippen molar-refractivity contribution < 1.29 is 22.7 Å². The number of piperazine rings is 1. The van der Waals surface area contributed by atoms with Crippen molar-refractivity contribution in [1.82, 2.24) is 14.5 Å². The van der Waals surface area contributed by atoms with E-state index in [1.165, 1.54) is 19.2 Å². The highest BCUT2D eigenvalue weighted by Gasteiger charge is 2.34. The van der Waals surface area contributed by atoms with E-state index in [0.29, 0.717) is 42.5 Å². The highest BCUT2D eigenvalue weighted by molar-refractivity contribution is 7.89. The summed E-state index contributed by atoms with van der Waals surface area (Å²) in [6, 6.07) is 11.7. The van der Waals surface area contributed by atoms with Crippen LogP contribution in [0.2, 0.25) is 5.02 Å². The van der Waals surface area contributed by atoms with Gasteiger partial charge in [-0.25, -0.2) is 8.42 Å². The maximum absolute atomic E-state index is 13.2. The van der Waals surface area contributed by atoms with Crippen LogP contribution in [0.5, 0.6) is 5.75 Å². The van der Waals surface area contributed by atoms with Crippen molar-refractivity contribution in [3.8, 4) is 5.75 Å². The van der Waals surface area contributed by atoms with E-state index in [0.717, 1.165) is 0 Å². The number of amides is 2. The third-order valence-corrected chi connectivity index (χ3v) is 7.26. The number of carbonyl (C=O) groups excluding carboxylic acids is 2. The van der Waals surface area contributed by atoms with E-state index in [-0.39, 0.29) is 22.6 Å². The number of rotatable bonds is 7. The van der Waals surface area contributed by atoms with E-state index >= 15 is 0 Å². The molecule has 1 saturated heterocycles. The Bertz CT molecular complexity index is 1080. The summed E-state index contributed by atoms with van der Waals surface area (Å²) in [4.78, 5) is 29.2. The predicted molar refractivity (Wildman–Crippen MR) is 126 cm³/mol. The van der Waals surface area contributed by atoms with Crippen molar-refractivity contribution in [2.45, 2.75) is 24.8 Å². The molecule has 33 heavy (non-hydrogen) atoms. The first kappa shape index (κ1) is 25.0. The summed E-state index contributed by atoms with van der Waals surface area (Å²) in [7, 11) is -2.41. The molecule has 0 saturated carbocycles. The normalized spacial score (nSPS) is 15.4. The third kappa shape index (κ3) is 6.04. The van der Waals surface area contributed by atoms with Gasteiger partial charge in [0.05, 0.1) is 12.0 Å². The quantitative estimate of drug-likeness (QED) is 0.639. The molecule has 1 fully saturated rings. The molecule has 8 nitrogen and oxygen atoms in total. The lowest BCUT2D eigenvalue weighted by molar-refractivity contribution is -0.135. The first-order chi connectivity index (χ1) is 15.6. The molecule has 1 heterocycles. The van der Waals surface area contributed by atoms with Gasteiger partial charge < -0.3 is 14.5 Å². The van der Waals surface area contributed by atoms with Crippen LogP contribution in [0.25, 0.3) is 0 Å². The maximum Gasteiger partial charge on any atom is 0.253 e. The number of halogens is 1. The molecule has 0 aromatic heterocycles. The number of hydrogen-bond donors (Lipinski definition) is 1. The lowest BCUT2D eigenvalue weighted by Crippen LogP contribution is -2.57. The number of ether oxygens (including phenoxy) is 1. The fourth-order valence-corrected chi connectivity index (χ4v) is 5.03. The Morgan fingerprint density at radius 2 is 1.48 bits per heavy atom. The van der Waals surface area contributed by atoms with Crippen molar-refractivity contribution >= 4 is 33.4 Å². The molecule has 0 unspecified atom stereocenters. The number of benzene rings is 2. The largest absolute Gasteiger partial charge is 0.497 e. The minimum atomic E-state index is -3.91. The van der Waals surface area contributed by atoms with Crippen molar-refractivity contribution in [3.05, 3.63) is 59.1 Å². The molecule has 1 aliphatic rings. The van der Waals surface area contributed by atoms with E-state index in [9.17, 15) is 18.0 Å². The Hall–Kier alpha value is -2.62. The summed E-state index contributed by atoms with van der Waals surface area (Å²) in [6.07, 6.45) is 0. The monoisotopic (exact) mass is 493 g/mol. The maximum atomic E-state index is 13.2. The Balaban J connectivity index is 1.65. The number of methoxy groups -OCH3 is 1. The second-order valence-corrected chi connectivity index (χ2v) is 10.3. The predicted octanol–water partition coefficient (Wildman–Crippen LogP) is 2.64. The molecule has 2 aromatic rings. The molecule has 1 aliphatic heterocycles. The molecule has 2 amide bonds. The van der Waals surface area contributed by atoms with Crippen molar-refractivity contribution in [2.75, 3.05) is 33.3 Å². The zero-order valence-electron chi connectivity index (χ0n) is 18.8. The van der Waals surface area contributed by atoms with Gasteiger partial charge in [0, 0.05) is 36.8 Å². The molecule has 2 aromatic carbocycles. The minimum Gasteiger partial charge on any atom is -0.497 e. The van der Waals surface area contributed by atoms with E-state index in [4.69, 9.17) is 16.3 Å². The van der Waals surface area contributed by atoms with E-state index < -0.39 is 16.1 Å². The molecule has 3 rings (SSSR count). The van der Waals surface area contributed by atoms with Crippen molar-refractivity contribution in [3.63, 3.8) is 0 Å². The average Bonchev–Trinajstić information content (AvgIpc) is 2.82. The highest BCUT2D eigenvalue weighted by Crippen LogP contribution is 2.19. The molecular formula is C23H28ClN3O5S. The minimum absolute atomic E-state index is 0.0557. The van der Waals surface area contributed by atoms with Crippen LogP contribution in [0.15, 0.2) is 53.4 Å². The summed E-state index contributed by atoms with van der Waals surface area (Å²) >= 11 is 5.89. The number of nitrogens with one attached hydrogen (secondary N) is 1. The molecule has 0 radical (unpaired) electrons. The van der Waals surface area contributed by atoms with E-state index in [1.54, 1.807) is 60.0 Å². The number of sulfonamides is 1. The second-order valence-electron chi connectivity index (χ2n) is 8.14. The van der Waals surface area contributed by atoms with Gasteiger partial charge in [-0.2, -0.15) is 4.72 Å². The van der Waals surface area contributed by atoms with Gasteiger partial charge in [-0.05, 0) is 54.4 Å². The molecule has 0 bridgehead atoms. The van der Waals surface area contributed by atoms with Crippen molar-refractivity contribution in [2.24, 2.45) is 5.92 Å². The molecule has 0 aliphatic carbocycles. The Morgan fingerprint density at radius 3 is 2.00 bits per heavy atom. The van der Waals surface area contributed by atoms with Gasteiger partial charge in [0.2, 0.25) is 15.9 Å². The SMILES string of the molecule is COc1ccc(S(=O)(=O)N[C@H](C(=O)N2CCN(C(=O)c3ccc(Cl)cc3)CC2)C(C)C)cc1. The topological polar surface area (TPSA) is 96.0 Å². The van der Waals surface area contributed by atoms with Crippen LogP contribution in [0, 0.1) is 5.92 Å². The summed E-state index contributed by atoms with van der Waals surface area (Å²) in [5, 5.41) is 0.554. The lowest BCUT2D eigenvalue weighted by Gasteiger charge is -2.37. The number of nitrogens with zero attached hydrogens (tertiary/aromatic N) is 2. The molecule has 0 spiro atoms. The second kappa shape index (κ2) is 10.5. The van der Waals surface area contributed by atoms with E-state index in [2.05, 4.69) is 4.72 Å². The highest BCUT2D eigenvalue weighted by atomic mass is 35.5. The number of carbonyl (C=O) groups is 2. The van der Waals surface area contributed by atoms with Gasteiger partial charge in [-0.1, -0.05) is 25.4 Å². The Morgan fingerprint density at radius 1 is 0.939 bits per heavy atom. The molecule has 10 heteroatoms. The summed E-state index contributed by atoms with van der Waals surface area (Å²) < 4.78 is 33.4. The summed E-state index contributed by atoms with van der Waals surface area (Å²) in [5.41, 5.74) is 0.534. The van der Waals surface area contributed by atoms with Crippen LogP contribution in [0.4, 0.5) is 0 Å². The van der Waals surface area contributed by atoms with Crippen LogP contribution in [-0.2, 0) is 14.8 Å². The first-order valence-electron chi connectivity index (χ1n) is 10.6. The fraction of sp³-hybridized carbons (Fsp3) is 0.391. The van der Waals surface area contributed by atoms with Gasteiger partial charge in [0.25, 0.3) is 5.91 Å². The summed E-state index contributed by atoms with van der Waals surface area (Å²) in [6.45, 7) is 4.96. The first-order valence-corrected chi connectivity index (χ1v) is 12.5. The van der Waals surface area contributed by atoms with Gasteiger partial charge in [0.1, 0.15) is 11.8 Å². The summed E-state index contributed by atoms with van der Waals surface area (Å²) in [5.74, 6) is -0.157. The molecule has 1 atom stereocenters. The fourth-order valence-electron chi connectivity index (χ4n) is 3.56. The Labute approximate surface area is 199 Å². The van der Waals surface area contributed by atoms with Gasteiger partial charge in [0.15, 0.2) is 0 Å². The standard InChI is InChI=1S/C23H28ClN3O5S/c1-16(2)21(25-33(30,31)20-10-8-19(32-3)9-11-20)23(29)27-14-12-26(13-15-27)22(28)17-4-6-18(24)7-5-17/h4-11,16,21,25H,12-15H2,1-3H3/t21-/m0/s1. The third-order valence-electron chi connectivity index (χ3n) is 5.55. The van der Waals surface area contributed by atoms with Gasteiger partial charge in [-0.15, -0.1) is 0 Å². The molecule has 1 N–H and O–H groups in total. The zero-order valence-corrected chi connectivity index (χ0v) is 20.4. The van der Waals surface area contributed by atoms with Crippen LogP contribution in [0.1, 0.15) is 24.2 Å². The lowest BCUT2D eigenvalue weighted by atomic mass is 10.0. The van der Waals surface area contributed by atoms with Crippen LogP contribution in [-0.4, -0.2) is 69.4 Å². The Kier molecular flexibility index (Phi) is 7.99. The average molecular weight is 494 g/mol. The van der Waals surface area contributed by atoms with Crippen LogP contribution < -0.4 is 9.46 Å². The van der Waals surface area contributed by atoms with Crippen LogP contribution in [0.3, 0.4) is 0 Å². The van der Waals surface area contributed by atoms with Gasteiger partial charge >= 0.3 is 0 Å². The number of hydrogen-bond acceptors (Lipinski definition) is 5. The zero-order chi connectivity index (χ0) is 24.2. The smallest absolute Gasteiger partial charge is 0.253 e. The van der Waals surface area contributed by atoms with Gasteiger partial charge in [-0.3, -0.25) is 9.59 Å². The van der Waals surface area contributed by atoms with E-state index in [1.807, 2.05) is 0 Å².